The molecule has 3 rings (SSSR count). The van der Waals surface area contributed by atoms with E-state index in [0.717, 1.165) is 10.3 Å². The molecule has 22 heavy (non-hydrogen) atoms. The van der Waals surface area contributed by atoms with Crippen molar-refractivity contribution in [3.63, 3.8) is 0 Å². The molecule has 1 unspecified atom stereocenters. The highest BCUT2D eigenvalue weighted by Gasteiger charge is 2.42. The monoisotopic (exact) mass is 294 g/mol. The minimum atomic E-state index is -1.00. The van der Waals surface area contributed by atoms with E-state index < -0.39 is 11.8 Å². The van der Waals surface area contributed by atoms with Gasteiger partial charge in [-0.05, 0) is 5.56 Å². The number of nitrogens with zero attached hydrogens (tertiary/aromatic N) is 2. The lowest BCUT2D eigenvalue weighted by atomic mass is 9.97. The molecule has 0 saturated heterocycles. The molecule has 2 aromatic rings. The normalized spacial score (nSPS) is 18.2. The topological polar surface area (TPSA) is 58.7 Å². The van der Waals surface area contributed by atoms with Gasteiger partial charge in [-0.25, -0.2) is 4.99 Å². The van der Waals surface area contributed by atoms with Crippen molar-refractivity contribution in [3.8, 4) is 0 Å². The summed E-state index contributed by atoms with van der Waals surface area (Å²) in [6.45, 7) is 3.49. The standard InChI is InChI=1S/C18H18N2O2/c1-18(2)19-15(13-9-5-3-6-10-13)16(20(18)22)17(21)14-11-7-4-8-12-14/h3-12,17,21H,1-2H3. The van der Waals surface area contributed by atoms with Crippen molar-refractivity contribution in [1.82, 2.24) is 0 Å². The van der Waals surface area contributed by atoms with Gasteiger partial charge in [-0.15, -0.1) is 0 Å². The summed E-state index contributed by atoms with van der Waals surface area (Å²) in [5, 5.41) is 23.3. The number of benzene rings is 2. The average molecular weight is 294 g/mol. The smallest absolute Gasteiger partial charge is 0.260 e. The van der Waals surface area contributed by atoms with Gasteiger partial charge in [0.15, 0.2) is 6.10 Å². The maximum Gasteiger partial charge on any atom is 0.260 e. The fourth-order valence-corrected chi connectivity index (χ4v) is 2.61. The first kappa shape index (κ1) is 14.5. The highest BCUT2D eigenvalue weighted by molar-refractivity contribution is 6.48. The molecular formula is C18H18N2O2. The number of aliphatic hydroxyl groups excluding tert-OH is 1. The van der Waals surface area contributed by atoms with E-state index in [0.29, 0.717) is 17.0 Å². The number of rotatable bonds is 3. The van der Waals surface area contributed by atoms with Crippen molar-refractivity contribution in [1.29, 1.82) is 0 Å². The molecule has 0 radical (unpaired) electrons. The van der Waals surface area contributed by atoms with E-state index in [1.807, 2.05) is 48.5 Å². The number of hydrogen-bond acceptors (Lipinski definition) is 3. The lowest BCUT2D eigenvalue weighted by Crippen LogP contribution is -2.33. The molecule has 0 aromatic heterocycles. The van der Waals surface area contributed by atoms with Gasteiger partial charge in [-0.3, -0.25) is 0 Å². The van der Waals surface area contributed by atoms with Gasteiger partial charge in [0.2, 0.25) is 5.71 Å². The van der Waals surface area contributed by atoms with Crippen LogP contribution in [0.25, 0.3) is 0 Å². The second-order valence-electron chi connectivity index (χ2n) is 5.81. The first-order valence-electron chi connectivity index (χ1n) is 7.23. The van der Waals surface area contributed by atoms with Gasteiger partial charge in [0.1, 0.15) is 5.71 Å². The first-order valence-corrected chi connectivity index (χ1v) is 7.23. The van der Waals surface area contributed by atoms with Crippen molar-refractivity contribution in [2.24, 2.45) is 4.99 Å². The van der Waals surface area contributed by atoms with Crippen molar-refractivity contribution >= 4 is 11.4 Å². The van der Waals surface area contributed by atoms with Crippen LogP contribution in [0, 0.1) is 5.21 Å². The van der Waals surface area contributed by atoms with E-state index in [1.54, 1.807) is 26.0 Å². The summed E-state index contributed by atoms with van der Waals surface area (Å²) in [7, 11) is 0. The molecule has 0 bridgehead atoms. The van der Waals surface area contributed by atoms with Gasteiger partial charge >= 0.3 is 0 Å². The van der Waals surface area contributed by atoms with E-state index in [2.05, 4.69) is 4.99 Å². The molecule has 0 aliphatic carbocycles. The highest BCUT2D eigenvalue weighted by atomic mass is 16.5. The van der Waals surface area contributed by atoms with Gasteiger partial charge in [0.25, 0.3) is 5.66 Å². The second kappa shape index (κ2) is 5.39. The van der Waals surface area contributed by atoms with Crippen LogP contribution in [0.4, 0.5) is 0 Å². The van der Waals surface area contributed by atoms with Crippen LogP contribution in [0.3, 0.4) is 0 Å². The second-order valence-corrected chi connectivity index (χ2v) is 5.81. The van der Waals surface area contributed by atoms with Crippen LogP contribution in [0.2, 0.25) is 0 Å². The molecule has 1 aliphatic heterocycles. The Balaban J connectivity index is 2.11. The summed E-state index contributed by atoms with van der Waals surface area (Å²) in [6.07, 6.45) is -1.00. The lowest BCUT2D eigenvalue weighted by molar-refractivity contribution is -0.534. The first-order chi connectivity index (χ1) is 10.5. The predicted molar refractivity (Wildman–Crippen MR) is 87.1 cm³/mol. The molecular weight excluding hydrogens is 276 g/mol. The zero-order valence-corrected chi connectivity index (χ0v) is 12.6. The summed E-state index contributed by atoms with van der Waals surface area (Å²) in [5.41, 5.74) is 1.44. The molecule has 2 aromatic carbocycles. The van der Waals surface area contributed by atoms with Crippen LogP contribution in [0.5, 0.6) is 0 Å². The Morgan fingerprint density at radius 1 is 1.00 bits per heavy atom. The average Bonchev–Trinajstić information content (AvgIpc) is 2.79. The summed E-state index contributed by atoms with van der Waals surface area (Å²) < 4.78 is 0.812. The maximum absolute atomic E-state index is 12.6. The molecule has 0 spiro atoms. The third kappa shape index (κ3) is 2.42. The van der Waals surface area contributed by atoms with E-state index in [1.165, 1.54) is 0 Å². The van der Waals surface area contributed by atoms with E-state index in [-0.39, 0.29) is 0 Å². The minimum absolute atomic E-state index is 0.294. The van der Waals surface area contributed by atoms with Crippen LogP contribution in [-0.2, 0) is 0 Å². The summed E-state index contributed by atoms with van der Waals surface area (Å²) in [5.74, 6) is 0. The summed E-state index contributed by atoms with van der Waals surface area (Å²) >= 11 is 0. The number of hydrogen-bond donors (Lipinski definition) is 1. The molecule has 4 nitrogen and oxygen atoms in total. The number of hydroxylamine groups is 1. The Bertz CT molecular complexity index is 734. The Labute approximate surface area is 129 Å². The largest absolute Gasteiger partial charge is 0.622 e. The molecule has 4 heteroatoms. The third-order valence-corrected chi connectivity index (χ3v) is 3.77. The van der Waals surface area contributed by atoms with E-state index in [9.17, 15) is 10.3 Å². The Morgan fingerprint density at radius 3 is 2.14 bits per heavy atom. The molecule has 0 fully saturated rings. The Hall–Kier alpha value is -2.46. The molecule has 0 amide bonds. The quantitative estimate of drug-likeness (QED) is 0.699. The fraction of sp³-hybridized carbons (Fsp3) is 0.222. The predicted octanol–water partition coefficient (Wildman–Crippen LogP) is 2.91. The van der Waals surface area contributed by atoms with Gasteiger partial charge in [-0.2, -0.15) is 4.74 Å². The maximum atomic E-state index is 12.6. The zero-order valence-electron chi connectivity index (χ0n) is 12.6. The fourth-order valence-electron chi connectivity index (χ4n) is 2.61. The molecule has 1 N–H and O–H groups in total. The van der Waals surface area contributed by atoms with Gasteiger partial charge in [0, 0.05) is 19.4 Å². The van der Waals surface area contributed by atoms with Gasteiger partial charge in [-0.1, -0.05) is 60.7 Å². The van der Waals surface area contributed by atoms with Crippen LogP contribution in [0.1, 0.15) is 31.1 Å². The van der Waals surface area contributed by atoms with Crippen molar-refractivity contribution in [2.75, 3.05) is 0 Å². The van der Waals surface area contributed by atoms with Gasteiger partial charge in [0.05, 0.1) is 0 Å². The van der Waals surface area contributed by atoms with Crippen molar-refractivity contribution in [2.45, 2.75) is 25.6 Å². The molecule has 1 aliphatic rings. The van der Waals surface area contributed by atoms with E-state index >= 15 is 0 Å². The van der Waals surface area contributed by atoms with Crippen LogP contribution in [-0.4, -0.2) is 26.9 Å². The van der Waals surface area contributed by atoms with Gasteiger partial charge < -0.3 is 10.3 Å². The van der Waals surface area contributed by atoms with Crippen LogP contribution < -0.4 is 0 Å². The Morgan fingerprint density at radius 2 is 1.55 bits per heavy atom. The molecule has 0 saturated carbocycles. The van der Waals surface area contributed by atoms with E-state index in [4.69, 9.17) is 0 Å². The third-order valence-electron chi connectivity index (χ3n) is 3.77. The van der Waals surface area contributed by atoms with Crippen molar-refractivity contribution in [3.05, 3.63) is 77.0 Å². The molecule has 1 heterocycles. The highest BCUT2D eigenvalue weighted by Crippen LogP contribution is 2.27. The molecule has 1 atom stereocenters. The lowest BCUT2D eigenvalue weighted by Gasteiger charge is -2.17. The van der Waals surface area contributed by atoms with Crippen molar-refractivity contribution < 1.29 is 9.85 Å². The zero-order chi connectivity index (χ0) is 15.7. The summed E-state index contributed by atoms with van der Waals surface area (Å²) in [4.78, 5) is 4.53. The summed E-state index contributed by atoms with van der Waals surface area (Å²) in [6, 6.07) is 18.7. The molecule has 112 valence electrons. The SMILES string of the molecule is CC1(C)N=C(c2ccccc2)C(C(O)c2ccccc2)=[N+]1[O-]. The van der Waals surface area contributed by atoms with Crippen LogP contribution in [0.15, 0.2) is 65.7 Å². The Kier molecular flexibility index (Phi) is 3.54. The number of aliphatic hydroxyl groups is 1. The van der Waals surface area contributed by atoms with Crippen LogP contribution >= 0.6 is 0 Å². The number of aliphatic imine (C=N–C) groups is 1. The minimum Gasteiger partial charge on any atom is -0.622 e.